The second-order valence-electron chi connectivity index (χ2n) is 5.83. The normalized spacial score (nSPS) is 30.7. The van der Waals surface area contributed by atoms with E-state index in [2.05, 4.69) is 12.2 Å². The Morgan fingerprint density at radius 2 is 2.00 bits per heavy atom. The first-order valence-corrected chi connectivity index (χ1v) is 7.27. The van der Waals surface area contributed by atoms with Gasteiger partial charge in [-0.25, -0.2) is 0 Å². The molecule has 0 bridgehead atoms. The van der Waals surface area contributed by atoms with Crippen LogP contribution >= 0.6 is 0 Å². The molecule has 2 N–H and O–H groups in total. The molecular formula is C14H27NO2. The number of hydrogen-bond acceptors (Lipinski definition) is 3. The van der Waals surface area contributed by atoms with Crippen molar-refractivity contribution >= 4 is 0 Å². The molecular weight excluding hydrogens is 214 g/mol. The lowest BCUT2D eigenvalue weighted by Crippen LogP contribution is -2.36. The number of rotatable bonds is 8. The Morgan fingerprint density at radius 1 is 1.24 bits per heavy atom. The Labute approximate surface area is 105 Å². The van der Waals surface area contributed by atoms with Crippen LogP contribution in [0, 0.1) is 11.8 Å². The van der Waals surface area contributed by atoms with Gasteiger partial charge in [0.2, 0.25) is 0 Å². The van der Waals surface area contributed by atoms with E-state index in [9.17, 15) is 5.11 Å². The average Bonchev–Trinajstić information content (AvgIpc) is 3.04. The van der Waals surface area contributed by atoms with Gasteiger partial charge in [0.25, 0.3) is 0 Å². The quantitative estimate of drug-likeness (QED) is 0.682. The largest absolute Gasteiger partial charge is 0.389 e. The molecule has 100 valence electrons. The fourth-order valence-electron chi connectivity index (χ4n) is 2.65. The Bertz CT molecular complexity index is 218. The predicted molar refractivity (Wildman–Crippen MR) is 69.0 cm³/mol. The standard InChI is InChI=1S/C14H27NO2/c1-2-11-5-6-13(7-11)15-8-14(16)10-17-9-12-3-4-12/h11-16H,2-10H2,1H3. The lowest BCUT2D eigenvalue weighted by molar-refractivity contribution is 0.0313. The van der Waals surface area contributed by atoms with Gasteiger partial charge in [-0.2, -0.15) is 0 Å². The maximum atomic E-state index is 9.78. The SMILES string of the molecule is CCC1CCC(NCC(O)COCC2CC2)C1. The highest BCUT2D eigenvalue weighted by Gasteiger charge is 2.24. The van der Waals surface area contributed by atoms with Gasteiger partial charge in [0, 0.05) is 19.2 Å². The topological polar surface area (TPSA) is 41.5 Å². The van der Waals surface area contributed by atoms with Crippen LogP contribution in [0.2, 0.25) is 0 Å². The Morgan fingerprint density at radius 3 is 2.65 bits per heavy atom. The molecule has 2 saturated carbocycles. The van der Waals surface area contributed by atoms with Crippen LogP contribution in [-0.4, -0.2) is 37.0 Å². The van der Waals surface area contributed by atoms with Crippen molar-refractivity contribution in [2.75, 3.05) is 19.8 Å². The van der Waals surface area contributed by atoms with Crippen LogP contribution in [0.5, 0.6) is 0 Å². The van der Waals surface area contributed by atoms with Crippen LogP contribution in [0.15, 0.2) is 0 Å². The van der Waals surface area contributed by atoms with E-state index in [0.717, 1.165) is 18.4 Å². The summed E-state index contributed by atoms with van der Waals surface area (Å²) in [6.45, 7) is 4.30. The maximum absolute atomic E-state index is 9.78. The molecule has 0 spiro atoms. The fraction of sp³-hybridized carbons (Fsp3) is 1.00. The number of aliphatic hydroxyl groups is 1. The summed E-state index contributed by atoms with van der Waals surface area (Å²) >= 11 is 0. The second kappa shape index (κ2) is 6.72. The summed E-state index contributed by atoms with van der Waals surface area (Å²) in [7, 11) is 0. The van der Waals surface area contributed by atoms with Crippen LogP contribution in [-0.2, 0) is 4.74 Å². The third-order valence-corrected chi connectivity index (χ3v) is 4.12. The summed E-state index contributed by atoms with van der Waals surface area (Å²) in [4.78, 5) is 0. The van der Waals surface area contributed by atoms with Gasteiger partial charge in [0.1, 0.15) is 0 Å². The first kappa shape index (κ1) is 13.3. The van der Waals surface area contributed by atoms with Crippen molar-refractivity contribution < 1.29 is 9.84 Å². The van der Waals surface area contributed by atoms with Crippen LogP contribution in [0.4, 0.5) is 0 Å². The van der Waals surface area contributed by atoms with Gasteiger partial charge in [-0.15, -0.1) is 0 Å². The molecule has 0 aliphatic heterocycles. The minimum Gasteiger partial charge on any atom is -0.389 e. The van der Waals surface area contributed by atoms with Gasteiger partial charge in [-0.3, -0.25) is 0 Å². The minimum atomic E-state index is -0.338. The molecule has 2 rings (SSSR count). The summed E-state index contributed by atoms with van der Waals surface area (Å²) < 4.78 is 5.49. The van der Waals surface area contributed by atoms with Gasteiger partial charge >= 0.3 is 0 Å². The van der Waals surface area contributed by atoms with Crippen molar-refractivity contribution in [1.29, 1.82) is 0 Å². The molecule has 3 atom stereocenters. The first-order valence-electron chi connectivity index (χ1n) is 7.27. The molecule has 2 aliphatic rings. The molecule has 3 heteroatoms. The maximum Gasteiger partial charge on any atom is 0.0897 e. The zero-order valence-corrected chi connectivity index (χ0v) is 11.0. The van der Waals surface area contributed by atoms with E-state index in [-0.39, 0.29) is 6.10 Å². The lowest BCUT2D eigenvalue weighted by Gasteiger charge is -2.16. The zero-order valence-electron chi connectivity index (χ0n) is 11.0. The highest BCUT2D eigenvalue weighted by molar-refractivity contribution is 4.80. The average molecular weight is 241 g/mol. The van der Waals surface area contributed by atoms with E-state index in [1.54, 1.807) is 0 Å². The van der Waals surface area contributed by atoms with Crippen molar-refractivity contribution in [3.63, 3.8) is 0 Å². The van der Waals surface area contributed by atoms with Crippen LogP contribution in [0.1, 0.15) is 45.4 Å². The smallest absolute Gasteiger partial charge is 0.0897 e. The van der Waals surface area contributed by atoms with Crippen molar-refractivity contribution in [2.45, 2.75) is 57.6 Å². The van der Waals surface area contributed by atoms with E-state index in [1.165, 1.54) is 38.5 Å². The monoisotopic (exact) mass is 241 g/mol. The van der Waals surface area contributed by atoms with Gasteiger partial charge in [-0.1, -0.05) is 13.3 Å². The van der Waals surface area contributed by atoms with Gasteiger partial charge in [0.05, 0.1) is 12.7 Å². The van der Waals surface area contributed by atoms with Crippen LogP contribution in [0.3, 0.4) is 0 Å². The number of nitrogens with one attached hydrogen (secondary N) is 1. The Kier molecular flexibility index (Phi) is 5.26. The van der Waals surface area contributed by atoms with E-state index < -0.39 is 0 Å². The van der Waals surface area contributed by atoms with E-state index >= 15 is 0 Å². The van der Waals surface area contributed by atoms with Gasteiger partial charge < -0.3 is 15.2 Å². The highest BCUT2D eigenvalue weighted by Crippen LogP contribution is 2.29. The Hall–Kier alpha value is -0.120. The molecule has 17 heavy (non-hydrogen) atoms. The molecule has 2 fully saturated rings. The molecule has 0 aromatic rings. The van der Waals surface area contributed by atoms with Gasteiger partial charge in [-0.05, 0) is 43.9 Å². The minimum absolute atomic E-state index is 0.338. The molecule has 0 saturated heterocycles. The molecule has 3 unspecified atom stereocenters. The third kappa shape index (κ3) is 4.94. The molecule has 0 aromatic carbocycles. The van der Waals surface area contributed by atoms with Crippen molar-refractivity contribution in [2.24, 2.45) is 11.8 Å². The van der Waals surface area contributed by atoms with E-state index in [4.69, 9.17) is 4.74 Å². The molecule has 3 nitrogen and oxygen atoms in total. The van der Waals surface area contributed by atoms with E-state index in [1.807, 2.05) is 0 Å². The van der Waals surface area contributed by atoms with Crippen molar-refractivity contribution in [1.82, 2.24) is 5.32 Å². The van der Waals surface area contributed by atoms with Gasteiger partial charge in [0.15, 0.2) is 0 Å². The molecule has 0 radical (unpaired) electrons. The highest BCUT2D eigenvalue weighted by atomic mass is 16.5. The summed E-state index contributed by atoms with van der Waals surface area (Å²) in [6, 6.07) is 0.623. The van der Waals surface area contributed by atoms with Crippen molar-refractivity contribution in [3.8, 4) is 0 Å². The van der Waals surface area contributed by atoms with Crippen LogP contribution < -0.4 is 5.32 Å². The summed E-state index contributed by atoms with van der Waals surface area (Å²) in [6.07, 6.45) is 7.49. The summed E-state index contributed by atoms with van der Waals surface area (Å²) in [5.41, 5.74) is 0. The summed E-state index contributed by atoms with van der Waals surface area (Å²) in [5.74, 6) is 1.69. The molecule has 2 aliphatic carbocycles. The Balaban J connectivity index is 1.48. The lowest BCUT2D eigenvalue weighted by atomic mass is 10.1. The molecule has 0 aromatic heterocycles. The molecule has 0 heterocycles. The third-order valence-electron chi connectivity index (χ3n) is 4.12. The second-order valence-corrected chi connectivity index (χ2v) is 5.83. The van der Waals surface area contributed by atoms with E-state index in [0.29, 0.717) is 19.2 Å². The number of hydrogen-bond donors (Lipinski definition) is 2. The predicted octanol–water partition coefficient (Wildman–Crippen LogP) is 1.94. The summed E-state index contributed by atoms with van der Waals surface area (Å²) in [5, 5.41) is 13.2. The number of aliphatic hydroxyl groups excluding tert-OH is 1. The fourth-order valence-corrected chi connectivity index (χ4v) is 2.65. The van der Waals surface area contributed by atoms with Crippen molar-refractivity contribution in [3.05, 3.63) is 0 Å². The zero-order chi connectivity index (χ0) is 12.1. The first-order chi connectivity index (χ1) is 8.28. The number of ether oxygens (including phenoxy) is 1. The van der Waals surface area contributed by atoms with Crippen LogP contribution in [0.25, 0.3) is 0 Å². The molecule has 0 amide bonds.